The maximum absolute atomic E-state index is 12.6. The third-order valence-electron chi connectivity index (χ3n) is 4.17. The van der Waals surface area contributed by atoms with Gasteiger partial charge in [-0.1, -0.05) is 12.8 Å². The molecule has 0 unspecified atom stereocenters. The largest absolute Gasteiger partial charge is 0.464 e. The summed E-state index contributed by atoms with van der Waals surface area (Å²) >= 11 is 0. The molecule has 134 valence electrons. The highest BCUT2D eigenvalue weighted by Gasteiger charge is 2.27. The van der Waals surface area contributed by atoms with Gasteiger partial charge in [0.2, 0.25) is 15.9 Å². The van der Waals surface area contributed by atoms with Gasteiger partial charge in [-0.3, -0.25) is 4.79 Å². The summed E-state index contributed by atoms with van der Waals surface area (Å²) in [7, 11) is 0.253. The Hall–Kier alpha value is -1.87. The molecule has 1 amide bonds. The number of aryl methyl sites for hydroxylation is 1. The number of aromatic nitrogens is 1. The Kier molecular flexibility index (Phi) is 5.66. The number of esters is 1. The number of hydrogen-bond donors (Lipinski definition) is 1. The van der Waals surface area contributed by atoms with E-state index in [-0.39, 0.29) is 29.1 Å². The minimum absolute atomic E-state index is 0.0541. The number of carbonyl (C=O) groups excluding carboxylic acids is 2. The van der Waals surface area contributed by atoms with Crippen LogP contribution in [0.4, 0.5) is 0 Å². The van der Waals surface area contributed by atoms with Gasteiger partial charge in [0.1, 0.15) is 10.6 Å². The van der Waals surface area contributed by atoms with Gasteiger partial charge < -0.3 is 14.6 Å². The summed E-state index contributed by atoms with van der Waals surface area (Å²) in [4.78, 5) is 23.6. The summed E-state index contributed by atoms with van der Waals surface area (Å²) in [5, 5.41) is 2.85. The van der Waals surface area contributed by atoms with E-state index >= 15 is 0 Å². The van der Waals surface area contributed by atoms with Gasteiger partial charge in [0, 0.05) is 26.3 Å². The number of methoxy groups -OCH3 is 1. The first-order valence-electron chi connectivity index (χ1n) is 7.76. The summed E-state index contributed by atoms with van der Waals surface area (Å²) in [6, 6.07) is 1.38. The molecule has 1 fully saturated rings. The molecule has 1 aromatic rings. The summed E-state index contributed by atoms with van der Waals surface area (Å²) in [5.74, 6) is -0.947. The zero-order valence-electron chi connectivity index (χ0n) is 14.1. The Labute approximate surface area is 141 Å². The van der Waals surface area contributed by atoms with Crippen LogP contribution in [0.5, 0.6) is 0 Å². The van der Waals surface area contributed by atoms with Crippen molar-refractivity contribution in [2.24, 2.45) is 7.05 Å². The van der Waals surface area contributed by atoms with Gasteiger partial charge in [-0.2, -0.15) is 4.31 Å². The normalized spacial score (nSPS) is 15.7. The van der Waals surface area contributed by atoms with Gasteiger partial charge in [-0.25, -0.2) is 13.2 Å². The maximum Gasteiger partial charge on any atom is 0.354 e. The van der Waals surface area contributed by atoms with Crippen molar-refractivity contribution < 1.29 is 22.7 Å². The van der Waals surface area contributed by atoms with Crippen molar-refractivity contribution in [1.29, 1.82) is 0 Å². The third-order valence-corrected chi connectivity index (χ3v) is 5.94. The molecule has 1 N–H and O–H groups in total. The molecule has 0 aromatic carbocycles. The molecule has 0 radical (unpaired) electrons. The smallest absolute Gasteiger partial charge is 0.354 e. The van der Waals surface area contributed by atoms with Crippen molar-refractivity contribution in [3.05, 3.63) is 18.0 Å². The number of hydrogen-bond acceptors (Lipinski definition) is 5. The molecule has 24 heavy (non-hydrogen) atoms. The lowest BCUT2D eigenvalue weighted by Crippen LogP contribution is -2.41. The fourth-order valence-corrected chi connectivity index (χ4v) is 3.99. The standard InChI is InChI=1S/C15H23N3O5S/c1-17-9-12(8-13(17)15(20)23-3)24(21,22)18(2)10-14(19)16-11-6-4-5-7-11/h8-9,11H,4-7,10H2,1-3H3,(H,16,19). The van der Waals surface area contributed by atoms with Crippen molar-refractivity contribution in [3.8, 4) is 0 Å². The van der Waals surface area contributed by atoms with Gasteiger partial charge in [-0.05, 0) is 18.9 Å². The van der Waals surface area contributed by atoms with Crippen LogP contribution in [0, 0.1) is 0 Å². The molecule has 0 saturated heterocycles. The molecular weight excluding hydrogens is 334 g/mol. The number of sulfonamides is 1. The minimum Gasteiger partial charge on any atom is -0.464 e. The molecule has 1 aliphatic rings. The second-order valence-electron chi connectivity index (χ2n) is 5.97. The Bertz CT molecular complexity index is 719. The molecular formula is C15H23N3O5S. The average molecular weight is 357 g/mol. The molecule has 2 rings (SSSR count). The number of nitrogens with one attached hydrogen (secondary N) is 1. The summed E-state index contributed by atoms with van der Waals surface area (Å²) in [6.45, 7) is -0.263. The Balaban J connectivity index is 2.08. The molecule has 0 bridgehead atoms. The Morgan fingerprint density at radius 3 is 2.58 bits per heavy atom. The lowest BCUT2D eigenvalue weighted by atomic mass is 10.2. The van der Waals surface area contributed by atoms with Gasteiger partial charge >= 0.3 is 5.97 Å². The molecule has 8 nitrogen and oxygen atoms in total. The summed E-state index contributed by atoms with van der Waals surface area (Å²) in [5.41, 5.74) is 0.125. The second-order valence-corrected chi connectivity index (χ2v) is 8.02. The van der Waals surface area contributed by atoms with Crippen molar-refractivity contribution in [3.63, 3.8) is 0 Å². The van der Waals surface area contributed by atoms with Crippen LogP contribution < -0.4 is 5.32 Å². The first-order valence-corrected chi connectivity index (χ1v) is 9.20. The van der Waals surface area contributed by atoms with E-state index in [9.17, 15) is 18.0 Å². The van der Waals surface area contributed by atoms with Gasteiger partial charge in [0.05, 0.1) is 13.7 Å². The van der Waals surface area contributed by atoms with E-state index in [2.05, 4.69) is 10.1 Å². The minimum atomic E-state index is -3.87. The van der Waals surface area contributed by atoms with Gasteiger partial charge in [0.25, 0.3) is 0 Å². The third kappa shape index (κ3) is 3.96. The molecule has 0 spiro atoms. The van der Waals surface area contributed by atoms with Gasteiger partial charge in [-0.15, -0.1) is 0 Å². The number of likely N-dealkylation sites (N-methyl/N-ethyl adjacent to an activating group) is 1. The van der Waals surface area contributed by atoms with Gasteiger partial charge in [0.15, 0.2) is 0 Å². The molecule has 1 aliphatic carbocycles. The fraction of sp³-hybridized carbons (Fsp3) is 0.600. The van der Waals surface area contributed by atoms with Crippen LogP contribution in [0.25, 0.3) is 0 Å². The molecule has 1 aromatic heterocycles. The van der Waals surface area contributed by atoms with E-state index in [1.165, 1.54) is 31.0 Å². The molecule has 1 heterocycles. The molecule has 0 atom stereocenters. The SMILES string of the molecule is COC(=O)c1cc(S(=O)(=O)N(C)CC(=O)NC2CCCC2)cn1C. The van der Waals surface area contributed by atoms with Crippen LogP contribution in [0.3, 0.4) is 0 Å². The predicted molar refractivity (Wildman–Crippen MR) is 87.0 cm³/mol. The first kappa shape index (κ1) is 18.5. The van der Waals surface area contributed by atoms with E-state index in [4.69, 9.17) is 0 Å². The quantitative estimate of drug-likeness (QED) is 0.747. The number of rotatable bonds is 6. The van der Waals surface area contributed by atoms with Crippen LogP contribution in [-0.4, -0.2) is 55.9 Å². The van der Waals surface area contributed by atoms with Crippen LogP contribution in [-0.2, 0) is 26.6 Å². The second kappa shape index (κ2) is 7.35. The first-order chi connectivity index (χ1) is 11.3. The lowest BCUT2D eigenvalue weighted by Gasteiger charge is -2.18. The maximum atomic E-state index is 12.6. The Morgan fingerprint density at radius 1 is 1.38 bits per heavy atom. The monoisotopic (exact) mass is 357 g/mol. The lowest BCUT2D eigenvalue weighted by molar-refractivity contribution is -0.121. The van der Waals surface area contributed by atoms with E-state index in [0.717, 1.165) is 30.0 Å². The highest BCUT2D eigenvalue weighted by molar-refractivity contribution is 7.89. The molecule has 1 saturated carbocycles. The van der Waals surface area contributed by atoms with Crippen molar-refractivity contribution >= 4 is 21.9 Å². The van der Waals surface area contributed by atoms with E-state index < -0.39 is 16.0 Å². The van der Waals surface area contributed by atoms with Crippen LogP contribution in [0.2, 0.25) is 0 Å². The average Bonchev–Trinajstić information content (AvgIpc) is 3.16. The van der Waals surface area contributed by atoms with E-state index in [1.54, 1.807) is 7.05 Å². The van der Waals surface area contributed by atoms with Crippen molar-refractivity contribution in [2.75, 3.05) is 20.7 Å². The number of amides is 1. The Morgan fingerprint density at radius 2 is 2.00 bits per heavy atom. The topological polar surface area (TPSA) is 97.7 Å². The van der Waals surface area contributed by atoms with E-state index in [1.807, 2.05) is 0 Å². The zero-order chi connectivity index (χ0) is 17.9. The number of carbonyl (C=O) groups is 2. The number of nitrogens with zero attached hydrogens (tertiary/aromatic N) is 2. The highest BCUT2D eigenvalue weighted by Crippen LogP contribution is 2.19. The zero-order valence-corrected chi connectivity index (χ0v) is 14.9. The molecule has 0 aliphatic heterocycles. The summed E-state index contributed by atoms with van der Waals surface area (Å²) in [6.07, 6.45) is 5.36. The predicted octanol–water partition coefficient (Wildman–Crippen LogP) is 0.491. The van der Waals surface area contributed by atoms with Crippen LogP contribution >= 0.6 is 0 Å². The van der Waals surface area contributed by atoms with Crippen LogP contribution in [0.15, 0.2) is 17.2 Å². The summed E-state index contributed by atoms with van der Waals surface area (Å²) < 4.78 is 32.1. The molecule has 9 heteroatoms. The van der Waals surface area contributed by atoms with Crippen molar-refractivity contribution in [2.45, 2.75) is 36.6 Å². The van der Waals surface area contributed by atoms with Crippen molar-refractivity contribution in [1.82, 2.24) is 14.2 Å². The highest BCUT2D eigenvalue weighted by atomic mass is 32.2. The number of ether oxygens (including phenoxy) is 1. The van der Waals surface area contributed by atoms with Crippen LogP contribution in [0.1, 0.15) is 36.2 Å². The fourth-order valence-electron chi connectivity index (χ4n) is 2.79. The van der Waals surface area contributed by atoms with E-state index in [0.29, 0.717) is 0 Å².